The minimum Gasteiger partial charge on any atom is -0.480 e. The standard InChI is InChI=1S/C29H28ClN3O4/c1-17-10-18(2)27(19(3)11-17)28(34)33-24(29(35)36)12-20-4-6-22(7-5-20)25-13-21(16-37-25)14-31-26-9-8-23(30)15-32-26/h4-11,13,15-16,24H,12,14H2,1-3H3,(H,31,32)(H,33,34)(H,35,36). The fourth-order valence-corrected chi connectivity index (χ4v) is 4.41. The summed E-state index contributed by atoms with van der Waals surface area (Å²) in [5.74, 6) is -0.0622. The van der Waals surface area contributed by atoms with E-state index in [0.717, 1.165) is 33.4 Å². The van der Waals surface area contributed by atoms with Crippen molar-refractivity contribution in [3.8, 4) is 11.3 Å². The van der Waals surface area contributed by atoms with Gasteiger partial charge in [-0.2, -0.15) is 0 Å². The van der Waals surface area contributed by atoms with Crippen LogP contribution in [0, 0.1) is 20.8 Å². The third-order valence-corrected chi connectivity index (χ3v) is 6.26. The Hall–Kier alpha value is -4.10. The number of anilines is 1. The zero-order valence-corrected chi connectivity index (χ0v) is 21.6. The lowest BCUT2D eigenvalue weighted by Crippen LogP contribution is -2.42. The van der Waals surface area contributed by atoms with E-state index < -0.39 is 12.0 Å². The number of benzene rings is 2. The molecule has 1 unspecified atom stereocenters. The highest BCUT2D eigenvalue weighted by Gasteiger charge is 2.23. The van der Waals surface area contributed by atoms with Gasteiger partial charge in [0.05, 0.1) is 11.3 Å². The van der Waals surface area contributed by atoms with Crippen LogP contribution >= 0.6 is 11.6 Å². The van der Waals surface area contributed by atoms with Gasteiger partial charge in [-0.05, 0) is 55.7 Å². The van der Waals surface area contributed by atoms with Crippen molar-refractivity contribution in [1.82, 2.24) is 10.3 Å². The van der Waals surface area contributed by atoms with Crippen LogP contribution in [0.15, 0.2) is 71.5 Å². The number of furan rings is 1. The van der Waals surface area contributed by atoms with Gasteiger partial charge in [0.2, 0.25) is 0 Å². The number of halogens is 1. The number of carboxylic acid groups (broad SMARTS) is 1. The van der Waals surface area contributed by atoms with Crippen LogP contribution in [-0.4, -0.2) is 28.0 Å². The Kier molecular flexibility index (Phi) is 7.94. The quantitative estimate of drug-likeness (QED) is 0.253. The molecule has 7 nitrogen and oxygen atoms in total. The first-order chi connectivity index (χ1) is 17.7. The Morgan fingerprint density at radius 1 is 1.00 bits per heavy atom. The summed E-state index contributed by atoms with van der Waals surface area (Å²) in [6.45, 7) is 6.21. The number of aromatic nitrogens is 1. The number of carbonyl (C=O) groups excluding carboxylic acids is 1. The molecule has 1 amide bonds. The highest BCUT2D eigenvalue weighted by atomic mass is 35.5. The molecule has 2 aromatic heterocycles. The topological polar surface area (TPSA) is 104 Å². The molecular formula is C29H28ClN3O4. The summed E-state index contributed by atoms with van der Waals surface area (Å²) >= 11 is 5.86. The number of aryl methyl sites for hydroxylation is 3. The van der Waals surface area contributed by atoms with Gasteiger partial charge in [0.15, 0.2) is 0 Å². The Bertz CT molecular complexity index is 1390. The number of amides is 1. The van der Waals surface area contributed by atoms with Crippen LogP contribution in [0.1, 0.15) is 38.2 Å². The average Bonchev–Trinajstić information content (AvgIpc) is 3.32. The molecular weight excluding hydrogens is 490 g/mol. The Morgan fingerprint density at radius 3 is 2.32 bits per heavy atom. The third-order valence-electron chi connectivity index (χ3n) is 6.04. The maximum atomic E-state index is 12.9. The van der Waals surface area contributed by atoms with Crippen molar-refractivity contribution in [3.63, 3.8) is 0 Å². The number of nitrogens with one attached hydrogen (secondary N) is 2. The number of nitrogens with zero attached hydrogens (tertiary/aromatic N) is 1. The molecule has 0 radical (unpaired) electrons. The molecule has 0 spiro atoms. The van der Waals surface area contributed by atoms with Crippen LogP contribution in [0.25, 0.3) is 11.3 Å². The molecule has 0 bridgehead atoms. The maximum Gasteiger partial charge on any atom is 0.326 e. The number of carbonyl (C=O) groups is 2. The second-order valence-corrected chi connectivity index (χ2v) is 9.51. The summed E-state index contributed by atoms with van der Waals surface area (Å²) < 4.78 is 5.72. The number of rotatable bonds is 9. The maximum absolute atomic E-state index is 12.9. The summed E-state index contributed by atoms with van der Waals surface area (Å²) in [4.78, 5) is 29.0. The monoisotopic (exact) mass is 517 g/mol. The zero-order chi connectivity index (χ0) is 26.5. The van der Waals surface area contributed by atoms with Gasteiger partial charge in [0.1, 0.15) is 17.6 Å². The molecule has 0 aliphatic rings. The van der Waals surface area contributed by atoms with Gasteiger partial charge in [0, 0.05) is 35.9 Å². The minimum atomic E-state index is -1.09. The van der Waals surface area contributed by atoms with E-state index in [1.54, 1.807) is 24.6 Å². The molecule has 0 aliphatic heterocycles. The molecule has 190 valence electrons. The van der Waals surface area contributed by atoms with Crippen LogP contribution in [0.4, 0.5) is 5.82 Å². The molecule has 0 aliphatic carbocycles. The lowest BCUT2D eigenvalue weighted by atomic mass is 9.98. The summed E-state index contributed by atoms with van der Waals surface area (Å²) in [7, 11) is 0. The molecule has 37 heavy (non-hydrogen) atoms. The fraction of sp³-hybridized carbons (Fsp3) is 0.207. The van der Waals surface area contributed by atoms with Gasteiger partial charge in [-0.25, -0.2) is 9.78 Å². The molecule has 2 aromatic carbocycles. The SMILES string of the molecule is Cc1cc(C)c(C(=O)NC(Cc2ccc(-c3cc(CNc4ccc(Cl)cn4)co3)cc2)C(=O)O)c(C)c1. The normalized spacial score (nSPS) is 11.7. The van der Waals surface area contributed by atoms with E-state index >= 15 is 0 Å². The fourth-order valence-electron chi connectivity index (χ4n) is 4.30. The molecule has 4 aromatic rings. The van der Waals surface area contributed by atoms with Gasteiger partial charge in [0.25, 0.3) is 5.91 Å². The van der Waals surface area contributed by atoms with Crippen molar-refractivity contribution in [2.75, 3.05) is 5.32 Å². The highest BCUT2D eigenvalue weighted by molar-refractivity contribution is 6.30. The van der Waals surface area contributed by atoms with Crippen LogP contribution in [0.2, 0.25) is 5.02 Å². The molecule has 1 atom stereocenters. The first kappa shape index (κ1) is 26.0. The van der Waals surface area contributed by atoms with Gasteiger partial charge in [-0.1, -0.05) is 53.6 Å². The second-order valence-electron chi connectivity index (χ2n) is 9.07. The Balaban J connectivity index is 1.39. The number of pyridine rings is 1. The minimum absolute atomic E-state index is 0.159. The molecule has 4 rings (SSSR count). The van der Waals surface area contributed by atoms with E-state index in [0.29, 0.717) is 28.7 Å². The van der Waals surface area contributed by atoms with Crippen molar-refractivity contribution in [2.45, 2.75) is 39.8 Å². The summed E-state index contributed by atoms with van der Waals surface area (Å²) in [5, 5.41) is 16.2. The number of hydrogen-bond acceptors (Lipinski definition) is 5. The van der Waals surface area contributed by atoms with E-state index in [-0.39, 0.29) is 12.3 Å². The van der Waals surface area contributed by atoms with Gasteiger partial charge >= 0.3 is 5.97 Å². The van der Waals surface area contributed by atoms with Crippen LogP contribution in [0.3, 0.4) is 0 Å². The van der Waals surface area contributed by atoms with Crippen LogP contribution in [0.5, 0.6) is 0 Å². The third kappa shape index (κ3) is 6.57. The van der Waals surface area contributed by atoms with Gasteiger partial charge < -0.3 is 20.2 Å². The number of aliphatic carboxylic acids is 1. The van der Waals surface area contributed by atoms with Crippen molar-refractivity contribution < 1.29 is 19.1 Å². The first-order valence-corrected chi connectivity index (χ1v) is 12.2. The summed E-state index contributed by atoms with van der Waals surface area (Å²) in [5.41, 5.74) is 5.81. The van der Waals surface area contributed by atoms with Crippen LogP contribution in [-0.2, 0) is 17.8 Å². The molecule has 8 heteroatoms. The van der Waals surface area contributed by atoms with Gasteiger partial charge in [-0.3, -0.25) is 4.79 Å². The molecule has 0 saturated carbocycles. The first-order valence-electron chi connectivity index (χ1n) is 11.8. The number of hydrogen-bond donors (Lipinski definition) is 3. The van der Waals surface area contributed by atoms with Gasteiger partial charge in [-0.15, -0.1) is 0 Å². The summed E-state index contributed by atoms with van der Waals surface area (Å²) in [6.07, 6.45) is 3.42. The lowest BCUT2D eigenvalue weighted by molar-refractivity contribution is -0.139. The Morgan fingerprint density at radius 2 is 1.70 bits per heavy atom. The van der Waals surface area contributed by atoms with E-state index in [1.165, 1.54) is 0 Å². The molecule has 0 fully saturated rings. The predicted octanol–water partition coefficient (Wildman–Crippen LogP) is 5.96. The van der Waals surface area contributed by atoms with Crippen molar-refractivity contribution >= 4 is 29.3 Å². The van der Waals surface area contributed by atoms with E-state index in [2.05, 4.69) is 15.6 Å². The van der Waals surface area contributed by atoms with E-state index in [9.17, 15) is 14.7 Å². The zero-order valence-electron chi connectivity index (χ0n) is 20.8. The predicted molar refractivity (Wildman–Crippen MR) is 144 cm³/mol. The van der Waals surface area contributed by atoms with E-state index in [1.807, 2.05) is 63.2 Å². The molecule has 0 saturated heterocycles. The lowest BCUT2D eigenvalue weighted by Gasteiger charge is -2.17. The van der Waals surface area contributed by atoms with Crippen molar-refractivity contribution in [3.05, 3.63) is 105 Å². The second kappa shape index (κ2) is 11.3. The molecule has 3 N–H and O–H groups in total. The molecule has 2 heterocycles. The van der Waals surface area contributed by atoms with E-state index in [4.69, 9.17) is 16.0 Å². The summed E-state index contributed by atoms with van der Waals surface area (Å²) in [6, 6.07) is 15.7. The van der Waals surface area contributed by atoms with Crippen molar-refractivity contribution in [2.24, 2.45) is 0 Å². The highest BCUT2D eigenvalue weighted by Crippen LogP contribution is 2.24. The Labute approximate surface area is 220 Å². The smallest absolute Gasteiger partial charge is 0.326 e. The largest absolute Gasteiger partial charge is 0.480 e. The van der Waals surface area contributed by atoms with Crippen molar-refractivity contribution in [1.29, 1.82) is 0 Å². The van der Waals surface area contributed by atoms with Crippen LogP contribution < -0.4 is 10.6 Å². The average molecular weight is 518 g/mol. The number of carboxylic acids is 1.